The van der Waals surface area contributed by atoms with Crippen molar-refractivity contribution in [2.24, 2.45) is 5.41 Å². The summed E-state index contributed by atoms with van der Waals surface area (Å²) in [5.41, 5.74) is -0.799. The summed E-state index contributed by atoms with van der Waals surface area (Å²) in [6.45, 7) is 5.65. The highest BCUT2D eigenvalue weighted by molar-refractivity contribution is 5.81. The van der Waals surface area contributed by atoms with Crippen LogP contribution in [0.15, 0.2) is 0 Å². The van der Waals surface area contributed by atoms with Gasteiger partial charge in [0.05, 0.1) is 6.61 Å². The minimum Gasteiger partial charge on any atom is -0.383 e. The van der Waals surface area contributed by atoms with Crippen LogP contribution in [0.5, 0.6) is 0 Å². The van der Waals surface area contributed by atoms with E-state index in [9.17, 15) is 9.90 Å². The number of hydrogen-bond donors (Lipinski definition) is 3. The van der Waals surface area contributed by atoms with Crippen LogP contribution in [-0.2, 0) is 9.68 Å². The molecule has 0 aromatic carbocycles. The van der Waals surface area contributed by atoms with E-state index in [1.165, 1.54) is 0 Å². The van der Waals surface area contributed by atoms with E-state index in [0.717, 1.165) is 6.42 Å². The summed E-state index contributed by atoms with van der Waals surface area (Å²) in [6.07, 6.45) is -0.365. The van der Waals surface area contributed by atoms with Crippen molar-refractivity contribution >= 4 is 5.91 Å². The lowest BCUT2D eigenvalue weighted by atomic mass is 9.87. The number of aliphatic hydroxyl groups is 1. The second-order valence-corrected chi connectivity index (χ2v) is 3.96. The van der Waals surface area contributed by atoms with Gasteiger partial charge in [-0.05, 0) is 6.42 Å². The van der Waals surface area contributed by atoms with Gasteiger partial charge in [-0.25, -0.2) is 4.89 Å². The van der Waals surface area contributed by atoms with Crippen molar-refractivity contribution in [2.45, 2.75) is 33.3 Å². The third kappa shape index (κ3) is 4.04. The van der Waals surface area contributed by atoms with Crippen molar-refractivity contribution in [3.05, 3.63) is 0 Å². The van der Waals surface area contributed by atoms with E-state index in [4.69, 9.17) is 5.26 Å². The summed E-state index contributed by atoms with van der Waals surface area (Å²) in [4.78, 5) is 15.3. The van der Waals surface area contributed by atoms with Crippen LogP contribution < -0.4 is 5.32 Å². The SMILES string of the molecule is CCCNC(=O)C(O)C(C)(C)COO. The minimum atomic E-state index is -1.18. The second kappa shape index (κ2) is 5.95. The second-order valence-electron chi connectivity index (χ2n) is 3.96. The lowest BCUT2D eigenvalue weighted by Crippen LogP contribution is -2.46. The normalized spacial score (nSPS) is 13.8. The molecule has 0 saturated heterocycles. The van der Waals surface area contributed by atoms with Gasteiger partial charge < -0.3 is 10.4 Å². The van der Waals surface area contributed by atoms with Crippen molar-refractivity contribution in [3.8, 4) is 0 Å². The van der Waals surface area contributed by atoms with Gasteiger partial charge in [-0.1, -0.05) is 20.8 Å². The molecule has 0 aromatic rings. The summed E-state index contributed by atoms with van der Waals surface area (Å²) < 4.78 is 0. The highest BCUT2D eigenvalue weighted by Gasteiger charge is 2.33. The largest absolute Gasteiger partial charge is 0.383 e. The van der Waals surface area contributed by atoms with Crippen molar-refractivity contribution in [1.29, 1.82) is 0 Å². The third-order valence-corrected chi connectivity index (χ3v) is 1.97. The topological polar surface area (TPSA) is 78.8 Å². The molecule has 3 N–H and O–H groups in total. The first kappa shape index (κ1) is 13.4. The summed E-state index contributed by atoms with van der Waals surface area (Å²) in [6, 6.07) is 0. The van der Waals surface area contributed by atoms with Crippen LogP contribution in [0.3, 0.4) is 0 Å². The van der Waals surface area contributed by atoms with Crippen molar-refractivity contribution in [3.63, 3.8) is 0 Å². The van der Waals surface area contributed by atoms with Crippen LogP contribution >= 0.6 is 0 Å². The van der Waals surface area contributed by atoms with Crippen LogP contribution in [0.1, 0.15) is 27.2 Å². The van der Waals surface area contributed by atoms with Gasteiger partial charge in [-0.15, -0.1) is 0 Å². The number of amides is 1. The monoisotopic (exact) mass is 205 g/mol. The standard InChI is InChI=1S/C9H19NO4/c1-4-5-10-8(12)7(11)9(2,3)6-14-13/h7,11,13H,4-6H2,1-3H3,(H,10,12). The highest BCUT2D eigenvalue weighted by Crippen LogP contribution is 2.20. The third-order valence-electron chi connectivity index (χ3n) is 1.97. The molecule has 0 heterocycles. The van der Waals surface area contributed by atoms with E-state index in [-0.39, 0.29) is 6.61 Å². The quantitative estimate of drug-likeness (QED) is 0.433. The molecule has 1 unspecified atom stereocenters. The van der Waals surface area contributed by atoms with Gasteiger partial charge in [0.2, 0.25) is 5.91 Å². The van der Waals surface area contributed by atoms with Crippen molar-refractivity contribution < 1.29 is 20.0 Å². The number of carbonyl (C=O) groups is 1. The van der Waals surface area contributed by atoms with Crippen LogP contribution in [-0.4, -0.2) is 35.5 Å². The molecule has 84 valence electrons. The molecule has 0 spiro atoms. The van der Waals surface area contributed by atoms with Gasteiger partial charge in [-0.2, -0.15) is 0 Å². The van der Waals surface area contributed by atoms with E-state index in [2.05, 4.69) is 10.2 Å². The molecule has 0 aliphatic rings. The Morgan fingerprint density at radius 1 is 1.57 bits per heavy atom. The predicted octanol–water partition coefficient (Wildman–Crippen LogP) is 0.389. The molecule has 0 fully saturated rings. The minimum absolute atomic E-state index is 0.0896. The zero-order chi connectivity index (χ0) is 11.2. The first-order chi connectivity index (χ1) is 6.45. The summed E-state index contributed by atoms with van der Waals surface area (Å²) >= 11 is 0. The molecule has 0 bridgehead atoms. The summed E-state index contributed by atoms with van der Waals surface area (Å²) in [7, 11) is 0. The maximum absolute atomic E-state index is 11.3. The van der Waals surface area contributed by atoms with Gasteiger partial charge in [0.15, 0.2) is 0 Å². The van der Waals surface area contributed by atoms with Crippen LogP contribution in [0, 0.1) is 5.41 Å². The molecular weight excluding hydrogens is 186 g/mol. The predicted molar refractivity (Wildman–Crippen MR) is 51.7 cm³/mol. The number of nitrogens with one attached hydrogen (secondary N) is 1. The van der Waals surface area contributed by atoms with Crippen LogP contribution in [0.4, 0.5) is 0 Å². The lowest BCUT2D eigenvalue weighted by Gasteiger charge is -2.27. The van der Waals surface area contributed by atoms with Gasteiger partial charge in [0.1, 0.15) is 6.10 Å². The Hall–Kier alpha value is -0.650. The molecule has 0 aromatic heterocycles. The maximum atomic E-state index is 11.3. The van der Waals surface area contributed by atoms with Crippen molar-refractivity contribution in [2.75, 3.05) is 13.2 Å². The molecule has 1 atom stereocenters. The Bertz CT molecular complexity index is 182. The molecule has 0 rings (SSSR count). The fourth-order valence-electron chi connectivity index (χ4n) is 0.945. The number of hydrogen-bond acceptors (Lipinski definition) is 4. The fraction of sp³-hybridized carbons (Fsp3) is 0.889. The van der Waals surface area contributed by atoms with Gasteiger partial charge in [0.25, 0.3) is 0 Å². The van der Waals surface area contributed by atoms with E-state index >= 15 is 0 Å². The molecule has 0 saturated carbocycles. The number of aliphatic hydroxyl groups excluding tert-OH is 1. The number of rotatable bonds is 6. The molecule has 14 heavy (non-hydrogen) atoms. The van der Waals surface area contributed by atoms with Crippen LogP contribution in [0.2, 0.25) is 0 Å². The zero-order valence-corrected chi connectivity index (χ0v) is 8.91. The average molecular weight is 205 g/mol. The summed E-state index contributed by atoms with van der Waals surface area (Å²) in [5, 5.41) is 20.4. The van der Waals surface area contributed by atoms with Gasteiger partial charge >= 0.3 is 0 Å². The average Bonchev–Trinajstić information content (AvgIpc) is 2.12. The smallest absolute Gasteiger partial charge is 0.249 e. The molecule has 0 aliphatic carbocycles. The Morgan fingerprint density at radius 3 is 2.57 bits per heavy atom. The summed E-state index contributed by atoms with van der Waals surface area (Å²) in [5.74, 6) is -0.436. The Labute approximate surface area is 84.0 Å². The highest BCUT2D eigenvalue weighted by atomic mass is 17.1. The maximum Gasteiger partial charge on any atom is 0.249 e. The van der Waals surface area contributed by atoms with Gasteiger partial charge in [-0.3, -0.25) is 10.1 Å². The number of carbonyl (C=O) groups excluding carboxylic acids is 1. The van der Waals surface area contributed by atoms with E-state index in [1.54, 1.807) is 13.8 Å². The first-order valence-corrected chi connectivity index (χ1v) is 4.68. The van der Waals surface area contributed by atoms with Crippen molar-refractivity contribution in [1.82, 2.24) is 5.32 Å². The molecule has 0 radical (unpaired) electrons. The van der Waals surface area contributed by atoms with E-state index in [0.29, 0.717) is 6.54 Å². The van der Waals surface area contributed by atoms with Crippen LogP contribution in [0.25, 0.3) is 0 Å². The first-order valence-electron chi connectivity index (χ1n) is 4.68. The van der Waals surface area contributed by atoms with Gasteiger partial charge in [0, 0.05) is 12.0 Å². The molecular formula is C9H19NO4. The molecule has 1 amide bonds. The lowest BCUT2D eigenvalue weighted by molar-refractivity contribution is -0.266. The molecule has 5 heteroatoms. The Morgan fingerprint density at radius 2 is 2.14 bits per heavy atom. The fourth-order valence-corrected chi connectivity index (χ4v) is 0.945. The molecule has 5 nitrogen and oxygen atoms in total. The molecule has 0 aliphatic heterocycles. The van der Waals surface area contributed by atoms with E-state index in [1.807, 2.05) is 6.92 Å². The Kier molecular flexibility index (Phi) is 5.68. The Balaban J connectivity index is 4.14. The zero-order valence-electron chi connectivity index (χ0n) is 8.91. The van der Waals surface area contributed by atoms with E-state index < -0.39 is 17.4 Å².